The van der Waals surface area contributed by atoms with E-state index < -0.39 is 0 Å². The van der Waals surface area contributed by atoms with Crippen molar-refractivity contribution in [1.82, 2.24) is 15.5 Å². The first-order chi connectivity index (χ1) is 13.5. The minimum atomic E-state index is 0.0634. The van der Waals surface area contributed by atoms with E-state index >= 15 is 0 Å². The van der Waals surface area contributed by atoms with Crippen LogP contribution in [0.2, 0.25) is 0 Å². The molecule has 1 saturated carbocycles. The van der Waals surface area contributed by atoms with Crippen molar-refractivity contribution in [3.8, 4) is 0 Å². The highest BCUT2D eigenvalue weighted by atomic mass is 32.2. The number of nitrogens with zero attached hydrogens (tertiary/aromatic N) is 2. The molecule has 1 unspecified atom stereocenters. The smallest absolute Gasteiger partial charge is 0.225 e. The first-order valence-electron chi connectivity index (χ1n) is 10.5. The summed E-state index contributed by atoms with van der Waals surface area (Å²) in [7, 11) is 1.83. The van der Waals surface area contributed by atoms with E-state index in [0.29, 0.717) is 0 Å². The zero-order chi connectivity index (χ0) is 20.0. The molecule has 1 saturated heterocycles. The number of thioether (sulfide) groups is 1. The summed E-state index contributed by atoms with van der Waals surface area (Å²) in [6.45, 7) is 6.44. The Kier molecular flexibility index (Phi) is 7.27. The van der Waals surface area contributed by atoms with Gasteiger partial charge in [0.1, 0.15) is 0 Å². The monoisotopic (exact) mass is 402 g/mol. The fraction of sp³-hybridized carbons (Fsp3) is 0.636. The summed E-state index contributed by atoms with van der Waals surface area (Å²) in [5, 5.41) is 7.11. The molecule has 6 heteroatoms. The molecule has 1 amide bonds. The molecule has 1 aliphatic heterocycles. The number of amides is 1. The van der Waals surface area contributed by atoms with E-state index in [0.717, 1.165) is 32.0 Å². The molecule has 2 fully saturated rings. The van der Waals surface area contributed by atoms with E-state index in [2.05, 4.69) is 46.0 Å². The molecule has 5 nitrogen and oxygen atoms in total. The van der Waals surface area contributed by atoms with Gasteiger partial charge in [0, 0.05) is 48.3 Å². The topological polar surface area (TPSA) is 56.7 Å². The fourth-order valence-electron chi connectivity index (χ4n) is 4.15. The van der Waals surface area contributed by atoms with Gasteiger partial charge in [0.15, 0.2) is 5.96 Å². The second-order valence-electron chi connectivity index (χ2n) is 8.30. The molecule has 1 aliphatic carbocycles. The maximum atomic E-state index is 12.2. The Hall–Kier alpha value is -1.69. The van der Waals surface area contributed by atoms with Crippen molar-refractivity contribution in [2.45, 2.75) is 61.6 Å². The van der Waals surface area contributed by atoms with Gasteiger partial charge in [-0.25, -0.2) is 0 Å². The highest BCUT2D eigenvalue weighted by molar-refractivity contribution is 8.00. The van der Waals surface area contributed by atoms with Crippen LogP contribution in [0.15, 0.2) is 40.2 Å². The van der Waals surface area contributed by atoms with Crippen molar-refractivity contribution in [3.05, 3.63) is 30.3 Å². The van der Waals surface area contributed by atoms with Crippen molar-refractivity contribution < 1.29 is 4.79 Å². The molecule has 0 radical (unpaired) electrons. The molecule has 0 aromatic heterocycles. The molecule has 1 heterocycles. The van der Waals surface area contributed by atoms with Crippen LogP contribution in [0.3, 0.4) is 0 Å². The highest BCUT2D eigenvalue weighted by Crippen LogP contribution is 2.44. The number of hydrogen-bond acceptors (Lipinski definition) is 3. The van der Waals surface area contributed by atoms with Gasteiger partial charge in [0.25, 0.3) is 0 Å². The van der Waals surface area contributed by atoms with Crippen LogP contribution in [0, 0.1) is 5.92 Å². The highest BCUT2D eigenvalue weighted by Gasteiger charge is 2.35. The quantitative estimate of drug-likeness (QED) is 0.565. The van der Waals surface area contributed by atoms with Crippen LogP contribution >= 0.6 is 11.8 Å². The molecule has 2 aliphatic rings. The molecule has 1 aromatic rings. The Morgan fingerprint density at radius 2 is 2.00 bits per heavy atom. The van der Waals surface area contributed by atoms with Crippen LogP contribution < -0.4 is 10.6 Å². The largest absolute Gasteiger partial charge is 0.355 e. The average Bonchev–Trinajstić information content (AvgIpc) is 3.35. The van der Waals surface area contributed by atoms with E-state index in [-0.39, 0.29) is 22.6 Å². The summed E-state index contributed by atoms with van der Waals surface area (Å²) in [4.78, 5) is 20.0. The summed E-state index contributed by atoms with van der Waals surface area (Å²) in [5.41, 5.74) is 0. The third kappa shape index (κ3) is 5.43. The van der Waals surface area contributed by atoms with Crippen LogP contribution in [0.5, 0.6) is 0 Å². The van der Waals surface area contributed by atoms with Crippen LogP contribution in [-0.4, -0.2) is 54.2 Å². The number of rotatable bonds is 6. The summed E-state index contributed by atoms with van der Waals surface area (Å²) in [5.74, 6) is 1.16. The van der Waals surface area contributed by atoms with Gasteiger partial charge in [-0.15, -0.1) is 11.8 Å². The van der Waals surface area contributed by atoms with Crippen molar-refractivity contribution >= 4 is 23.6 Å². The van der Waals surface area contributed by atoms with E-state index in [1.54, 1.807) is 0 Å². The molecule has 0 spiro atoms. The van der Waals surface area contributed by atoms with E-state index in [4.69, 9.17) is 0 Å². The Labute approximate surface area is 173 Å². The van der Waals surface area contributed by atoms with Crippen molar-refractivity contribution in [2.75, 3.05) is 26.7 Å². The van der Waals surface area contributed by atoms with Gasteiger partial charge in [0.2, 0.25) is 5.91 Å². The van der Waals surface area contributed by atoms with Gasteiger partial charge in [-0.3, -0.25) is 9.79 Å². The third-order valence-corrected chi connectivity index (χ3v) is 7.22. The van der Waals surface area contributed by atoms with Crippen molar-refractivity contribution in [3.63, 3.8) is 0 Å². The van der Waals surface area contributed by atoms with Gasteiger partial charge in [-0.2, -0.15) is 0 Å². The third-order valence-electron chi connectivity index (χ3n) is 5.73. The number of aliphatic imine (C=N–C) groups is 1. The first-order valence-corrected chi connectivity index (χ1v) is 11.3. The Morgan fingerprint density at radius 3 is 2.64 bits per heavy atom. The molecule has 1 atom stereocenters. The zero-order valence-corrected chi connectivity index (χ0v) is 18.2. The molecule has 154 valence electrons. The van der Waals surface area contributed by atoms with Gasteiger partial charge in [0.05, 0.1) is 0 Å². The van der Waals surface area contributed by atoms with Gasteiger partial charge < -0.3 is 15.5 Å². The van der Waals surface area contributed by atoms with Gasteiger partial charge in [-0.1, -0.05) is 44.9 Å². The van der Waals surface area contributed by atoms with Crippen LogP contribution in [-0.2, 0) is 4.79 Å². The number of nitrogens with one attached hydrogen (secondary N) is 2. The van der Waals surface area contributed by atoms with E-state index in [1.807, 2.05) is 37.6 Å². The summed E-state index contributed by atoms with van der Waals surface area (Å²) >= 11 is 2.00. The number of carbonyl (C=O) groups is 1. The standard InChI is InChI=1S/C22H34N4OS/c1-17(2)20(27)26-14-11-18(15-26)25-21(23-3)24-16-22(12-7-8-13-22)28-19-9-5-4-6-10-19/h4-6,9-10,17-18H,7-8,11-16H2,1-3H3,(H2,23,24,25). The SMILES string of the molecule is CN=C(NCC1(Sc2ccccc2)CCCC1)NC1CCN(C(=O)C(C)C)C1. The first kappa shape index (κ1) is 21.0. The minimum absolute atomic E-state index is 0.0634. The second-order valence-corrected chi connectivity index (χ2v) is 9.84. The number of carbonyl (C=O) groups excluding carboxylic acids is 1. The molecule has 0 bridgehead atoms. The maximum absolute atomic E-state index is 12.2. The fourth-order valence-corrected chi connectivity index (χ4v) is 5.58. The Morgan fingerprint density at radius 1 is 1.29 bits per heavy atom. The Balaban J connectivity index is 1.53. The molecular weight excluding hydrogens is 368 g/mol. The number of hydrogen-bond donors (Lipinski definition) is 2. The normalized spacial score (nSPS) is 21.9. The maximum Gasteiger partial charge on any atom is 0.225 e. The van der Waals surface area contributed by atoms with Gasteiger partial charge in [-0.05, 0) is 31.4 Å². The minimum Gasteiger partial charge on any atom is -0.355 e. The molecule has 2 N–H and O–H groups in total. The molecular formula is C22H34N4OS. The summed E-state index contributed by atoms with van der Waals surface area (Å²) in [6, 6.07) is 11.0. The second kappa shape index (κ2) is 9.68. The van der Waals surface area contributed by atoms with E-state index in [1.165, 1.54) is 30.6 Å². The summed E-state index contributed by atoms with van der Waals surface area (Å²) < 4.78 is 0.230. The predicted octanol–water partition coefficient (Wildman–Crippen LogP) is 3.51. The number of likely N-dealkylation sites (tertiary alicyclic amines) is 1. The van der Waals surface area contributed by atoms with Crippen LogP contribution in [0.4, 0.5) is 0 Å². The van der Waals surface area contributed by atoms with Gasteiger partial charge >= 0.3 is 0 Å². The van der Waals surface area contributed by atoms with Crippen LogP contribution in [0.1, 0.15) is 46.0 Å². The molecule has 3 rings (SSSR count). The summed E-state index contributed by atoms with van der Waals surface area (Å²) in [6.07, 6.45) is 6.03. The lowest BCUT2D eigenvalue weighted by molar-refractivity contribution is -0.133. The molecule has 28 heavy (non-hydrogen) atoms. The predicted molar refractivity (Wildman–Crippen MR) is 118 cm³/mol. The lowest BCUT2D eigenvalue weighted by Gasteiger charge is -2.30. The van der Waals surface area contributed by atoms with Crippen molar-refractivity contribution in [2.24, 2.45) is 10.9 Å². The zero-order valence-electron chi connectivity index (χ0n) is 17.4. The lowest BCUT2D eigenvalue weighted by Crippen LogP contribution is -2.48. The average molecular weight is 403 g/mol. The van der Waals surface area contributed by atoms with E-state index in [9.17, 15) is 4.79 Å². The Bertz CT molecular complexity index is 670. The number of guanidine groups is 1. The van der Waals surface area contributed by atoms with Crippen LogP contribution in [0.25, 0.3) is 0 Å². The molecule has 1 aromatic carbocycles. The lowest BCUT2D eigenvalue weighted by atomic mass is 10.1. The number of benzene rings is 1. The van der Waals surface area contributed by atoms with Crippen molar-refractivity contribution in [1.29, 1.82) is 0 Å².